The zero-order valence-corrected chi connectivity index (χ0v) is 7.96. The maximum absolute atomic E-state index is 5.75. The predicted octanol–water partition coefficient (Wildman–Crippen LogP) is -0.0398. The minimum atomic E-state index is -0.227. The van der Waals surface area contributed by atoms with Crippen LogP contribution in [0, 0.1) is 11.8 Å². The maximum atomic E-state index is 5.75. The number of piperidine rings is 1. The second-order valence-electron chi connectivity index (χ2n) is 4.84. The minimum absolute atomic E-state index is 0.0204. The molecule has 1 heterocycles. The molecule has 4 N–H and O–H groups in total. The van der Waals surface area contributed by atoms with Crippen LogP contribution in [0.3, 0.4) is 0 Å². The molecule has 0 aromatic rings. The Morgan fingerprint density at radius 3 is 2.17 bits per heavy atom. The summed E-state index contributed by atoms with van der Waals surface area (Å²) in [5, 5.41) is 0. The van der Waals surface area contributed by atoms with Gasteiger partial charge in [-0.1, -0.05) is 0 Å². The number of likely N-dealkylation sites (tertiary alicyclic amines) is 1. The van der Waals surface area contributed by atoms with E-state index in [-0.39, 0.29) is 11.7 Å². The SMILES string of the molecule is CC(C)(C(N)N)N1CC2CC2C1. The van der Waals surface area contributed by atoms with E-state index in [1.54, 1.807) is 0 Å². The van der Waals surface area contributed by atoms with Gasteiger partial charge < -0.3 is 11.5 Å². The zero-order chi connectivity index (χ0) is 8.93. The highest BCUT2D eigenvalue weighted by molar-refractivity contribution is 5.02. The summed E-state index contributed by atoms with van der Waals surface area (Å²) in [7, 11) is 0. The van der Waals surface area contributed by atoms with Gasteiger partial charge in [0, 0.05) is 18.6 Å². The molecule has 3 heteroatoms. The first-order valence-corrected chi connectivity index (χ1v) is 4.78. The number of hydrogen-bond acceptors (Lipinski definition) is 3. The number of nitrogens with two attached hydrogens (primary N) is 2. The van der Waals surface area contributed by atoms with Gasteiger partial charge in [0.25, 0.3) is 0 Å². The average molecular weight is 169 g/mol. The van der Waals surface area contributed by atoms with Crippen LogP contribution in [0.4, 0.5) is 0 Å². The summed E-state index contributed by atoms with van der Waals surface area (Å²) in [6, 6.07) is 0. The zero-order valence-electron chi connectivity index (χ0n) is 7.96. The van der Waals surface area contributed by atoms with Gasteiger partial charge in [-0.2, -0.15) is 0 Å². The molecule has 2 fully saturated rings. The van der Waals surface area contributed by atoms with Crippen LogP contribution in [0.2, 0.25) is 0 Å². The summed E-state index contributed by atoms with van der Waals surface area (Å²) >= 11 is 0. The molecule has 3 nitrogen and oxygen atoms in total. The van der Waals surface area contributed by atoms with Gasteiger partial charge in [0.05, 0.1) is 6.17 Å². The van der Waals surface area contributed by atoms with Crippen LogP contribution >= 0.6 is 0 Å². The first kappa shape index (κ1) is 8.48. The summed E-state index contributed by atoms with van der Waals surface area (Å²) in [5.41, 5.74) is 11.5. The molecule has 1 aliphatic heterocycles. The molecule has 0 aromatic heterocycles. The number of fused-ring (bicyclic) bond motifs is 1. The van der Waals surface area contributed by atoms with Crippen molar-refractivity contribution in [1.29, 1.82) is 0 Å². The number of nitrogens with zero attached hydrogens (tertiary/aromatic N) is 1. The van der Waals surface area contributed by atoms with Crippen molar-refractivity contribution < 1.29 is 0 Å². The van der Waals surface area contributed by atoms with Crippen LogP contribution in [-0.4, -0.2) is 29.7 Å². The van der Waals surface area contributed by atoms with E-state index in [0.29, 0.717) is 0 Å². The first-order chi connectivity index (χ1) is 5.51. The Morgan fingerprint density at radius 2 is 1.75 bits per heavy atom. The van der Waals surface area contributed by atoms with Crippen molar-refractivity contribution in [2.75, 3.05) is 13.1 Å². The van der Waals surface area contributed by atoms with Gasteiger partial charge in [0.1, 0.15) is 0 Å². The van der Waals surface area contributed by atoms with E-state index < -0.39 is 0 Å². The van der Waals surface area contributed by atoms with Gasteiger partial charge in [-0.15, -0.1) is 0 Å². The fourth-order valence-corrected chi connectivity index (χ4v) is 2.08. The molecule has 2 rings (SSSR count). The van der Waals surface area contributed by atoms with E-state index in [1.807, 2.05) is 0 Å². The van der Waals surface area contributed by atoms with Gasteiger partial charge in [0.15, 0.2) is 0 Å². The number of rotatable bonds is 2. The fourth-order valence-electron chi connectivity index (χ4n) is 2.08. The summed E-state index contributed by atoms with van der Waals surface area (Å²) in [5.74, 6) is 1.92. The van der Waals surface area contributed by atoms with E-state index in [0.717, 1.165) is 11.8 Å². The normalized spacial score (nSPS) is 35.8. The summed E-state index contributed by atoms with van der Waals surface area (Å²) < 4.78 is 0. The van der Waals surface area contributed by atoms with Crippen molar-refractivity contribution in [2.24, 2.45) is 23.3 Å². The third kappa shape index (κ3) is 1.16. The Balaban J connectivity index is 1.99. The smallest absolute Gasteiger partial charge is 0.0705 e. The van der Waals surface area contributed by atoms with Gasteiger partial charge >= 0.3 is 0 Å². The third-order valence-electron chi connectivity index (χ3n) is 3.61. The highest BCUT2D eigenvalue weighted by atomic mass is 15.3. The first-order valence-electron chi connectivity index (χ1n) is 4.78. The quantitative estimate of drug-likeness (QED) is 0.570. The third-order valence-corrected chi connectivity index (χ3v) is 3.61. The lowest BCUT2D eigenvalue weighted by atomic mass is 9.99. The summed E-state index contributed by atoms with van der Waals surface area (Å²) in [4.78, 5) is 2.44. The largest absolute Gasteiger partial charge is 0.315 e. The summed E-state index contributed by atoms with van der Waals surface area (Å²) in [6.07, 6.45) is 1.21. The molecular weight excluding hydrogens is 150 g/mol. The molecule has 0 bridgehead atoms. The van der Waals surface area contributed by atoms with Crippen LogP contribution in [-0.2, 0) is 0 Å². The molecule has 0 aromatic carbocycles. The molecule has 2 atom stereocenters. The van der Waals surface area contributed by atoms with Crippen molar-refractivity contribution in [2.45, 2.75) is 32.0 Å². The molecule has 0 amide bonds. The van der Waals surface area contributed by atoms with E-state index in [9.17, 15) is 0 Å². The Kier molecular flexibility index (Phi) is 1.72. The van der Waals surface area contributed by atoms with Crippen LogP contribution in [0.15, 0.2) is 0 Å². The van der Waals surface area contributed by atoms with Gasteiger partial charge in [-0.3, -0.25) is 4.90 Å². The lowest BCUT2D eigenvalue weighted by Crippen LogP contribution is -2.59. The lowest BCUT2D eigenvalue weighted by molar-refractivity contribution is 0.111. The standard InChI is InChI=1S/C9H19N3/c1-9(2,8(10)11)12-4-6-3-7(6)5-12/h6-8H,3-5,10-11H2,1-2H3. The number of hydrogen-bond donors (Lipinski definition) is 2. The summed E-state index contributed by atoms with van der Waals surface area (Å²) in [6.45, 7) is 6.70. The fraction of sp³-hybridized carbons (Fsp3) is 1.00. The molecule has 0 spiro atoms. The van der Waals surface area contributed by atoms with Crippen molar-refractivity contribution in [3.05, 3.63) is 0 Å². The van der Waals surface area contributed by atoms with Gasteiger partial charge in [0.2, 0.25) is 0 Å². The Hall–Kier alpha value is -0.120. The van der Waals surface area contributed by atoms with Crippen molar-refractivity contribution >= 4 is 0 Å². The molecule has 2 unspecified atom stereocenters. The molecule has 2 aliphatic rings. The molecular formula is C9H19N3. The van der Waals surface area contributed by atoms with E-state index in [2.05, 4.69) is 18.7 Å². The second kappa shape index (κ2) is 2.44. The minimum Gasteiger partial charge on any atom is -0.315 e. The van der Waals surface area contributed by atoms with E-state index >= 15 is 0 Å². The monoisotopic (exact) mass is 169 g/mol. The van der Waals surface area contributed by atoms with Gasteiger partial charge in [-0.25, -0.2) is 0 Å². The van der Waals surface area contributed by atoms with Crippen LogP contribution in [0.5, 0.6) is 0 Å². The highest BCUT2D eigenvalue weighted by Gasteiger charge is 2.49. The molecule has 12 heavy (non-hydrogen) atoms. The molecule has 70 valence electrons. The van der Waals surface area contributed by atoms with Crippen LogP contribution in [0.1, 0.15) is 20.3 Å². The lowest BCUT2D eigenvalue weighted by Gasteiger charge is -2.39. The maximum Gasteiger partial charge on any atom is 0.0705 e. The Morgan fingerprint density at radius 1 is 1.25 bits per heavy atom. The predicted molar refractivity (Wildman–Crippen MR) is 49.4 cm³/mol. The molecule has 1 saturated heterocycles. The van der Waals surface area contributed by atoms with Crippen LogP contribution in [0.25, 0.3) is 0 Å². The van der Waals surface area contributed by atoms with E-state index in [1.165, 1.54) is 19.5 Å². The van der Waals surface area contributed by atoms with E-state index in [4.69, 9.17) is 11.5 Å². The average Bonchev–Trinajstić information content (AvgIpc) is 2.58. The van der Waals surface area contributed by atoms with Gasteiger partial charge in [-0.05, 0) is 32.1 Å². The molecule has 1 aliphatic carbocycles. The van der Waals surface area contributed by atoms with Crippen molar-refractivity contribution in [3.8, 4) is 0 Å². The molecule has 0 radical (unpaired) electrons. The van der Waals surface area contributed by atoms with Crippen molar-refractivity contribution in [1.82, 2.24) is 4.90 Å². The Bertz CT molecular complexity index is 178. The topological polar surface area (TPSA) is 55.3 Å². The van der Waals surface area contributed by atoms with Crippen LogP contribution < -0.4 is 11.5 Å². The Labute approximate surface area is 74.1 Å². The van der Waals surface area contributed by atoms with Crippen molar-refractivity contribution in [3.63, 3.8) is 0 Å². The highest BCUT2D eigenvalue weighted by Crippen LogP contribution is 2.47. The molecule has 1 saturated carbocycles. The second-order valence-corrected chi connectivity index (χ2v) is 4.84.